The van der Waals surface area contributed by atoms with Gasteiger partial charge in [0.2, 0.25) is 0 Å². The van der Waals surface area contributed by atoms with Crippen LogP contribution >= 0.6 is 0 Å². The summed E-state index contributed by atoms with van der Waals surface area (Å²) >= 11 is 0. The number of aliphatic hydroxyl groups is 1. The molecule has 0 spiro atoms. The molecule has 1 aromatic carbocycles. The van der Waals surface area contributed by atoms with E-state index in [0.29, 0.717) is 29.9 Å². The van der Waals surface area contributed by atoms with Crippen LogP contribution in [0.25, 0.3) is 0 Å². The van der Waals surface area contributed by atoms with Crippen molar-refractivity contribution in [2.24, 2.45) is 5.92 Å². The lowest BCUT2D eigenvalue weighted by atomic mass is 9.76. The maximum absolute atomic E-state index is 12.9. The summed E-state index contributed by atoms with van der Waals surface area (Å²) in [5.74, 6) is 0.803. The zero-order valence-corrected chi connectivity index (χ0v) is 14.3. The normalized spacial score (nSPS) is 20.3. The van der Waals surface area contributed by atoms with Crippen LogP contribution in [0.2, 0.25) is 0 Å². The SMILES string of the molecule is COc1cccc(C(=O)N[C@@H](c2ccccn2)C2CC(O)C2)c1OC. The fourth-order valence-corrected chi connectivity index (χ4v) is 3.18. The van der Waals surface area contributed by atoms with Crippen molar-refractivity contribution in [1.82, 2.24) is 10.3 Å². The largest absolute Gasteiger partial charge is 0.493 e. The summed E-state index contributed by atoms with van der Waals surface area (Å²) in [6.07, 6.45) is 2.70. The summed E-state index contributed by atoms with van der Waals surface area (Å²) in [6, 6.07) is 10.5. The topological polar surface area (TPSA) is 80.7 Å². The summed E-state index contributed by atoms with van der Waals surface area (Å²) in [7, 11) is 3.04. The Hall–Kier alpha value is -2.60. The molecular formula is C19H22N2O4. The Morgan fingerprint density at radius 1 is 1.20 bits per heavy atom. The second-order valence-electron chi connectivity index (χ2n) is 6.13. The third-order valence-electron chi connectivity index (χ3n) is 4.56. The van der Waals surface area contributed by atoms with Gasteiger partial charge in [0.1, 0.15) is 0 Å². The highest BCUT2D eigenvalue weighted by molar-refractivity contribution is 5.98. The van der Waals surface area contributed by atoms with Crippen LogP contribution in [-0.4, -0.2) is 36.3 Å². The molecule has 0 aliphatic heterocycles. The van der Waals surface area contributed by atoms with Gasteiger partial charge in [-0.15, -0.1) is 0 Å². The van der Waals surface area contributed by atoms with Crippen molar-refractivity contribution in [3.63, 3.8) is 0 Å². The number of hydrogen-bond acceptors (Lipinski definition) is 5. The number of methoxy groups -OCH3 is 2. The molecule has 1 amide bonds. The van der Waals surface area contributed by atoms with Gasteiger partial charge in [-0.3, -0.25) is 9.78 Å². The second-order valence-corrected chi connectivity index (χ2v) is 6.13. The van der Waals surface area contributed by atoms with Crippen molar-refractivity contribution >= 4 is 5.91 Å². The van der Waals surface area contributed by atoms with Crippen LogP contribution in [0.1, 0.15) is 34.9 Å². The minimum atomic E-state index is -0.306. The van der Waals surface area contributed by atoms with Crippen molar-refractivity contribution in [2.75, 3.05) is 14.2 Å². The molecule has 1 fully saturated rings. The van der Waals surface area contributed by atoms with E-state index in [0.717, 1.165) is 5.69 Å². The molecule has 25 heavy (non-hydrogen) atoms. The van der Waals surface area contributed by atoms with Crippen molar-refractivity contribution in [3.8, 4) is 11.5 Å². The second kappa shape index (κ2) is 7.53. The Morgan fingerprint density at radius 3 is 2.60 bits per heavy atom. The molecule has 0 unspecified atom stereocenters. The van der Waals surface area contributed by atoms with Gasteiger partial charge >= 0.3 is 0 Å². The fraction of sp³-hybridized carbons (Fsp3) is 0.368. The Bertz CT molecular complexity index is 729. The number of aliphatic hydroxyl groups excluding tert-OH is 1. The number of ether oxygens (including phenoxy) is 2. The van der Waals surface area contributed by atoms with Gasteiger partial charge in [-0.25, -0.2) is 0 Å². The number of rotatable bonds is 6. The molecule has 2 aromatic rings. The lowest BCUT2D eigenvalue weighted by molar-refractivity contribution is 0.0228. The number of para-hydroxylation sites is 1. The van der Waals surface area contributed by atoms with Gasteiger partial charge < -0.3 is 19.9 Å². The summed E-state index contributed by atoms with van der Waals surface area (Å²) < 4.78 is 10.6. The summed E-state index contributed by atoms with van der Waals surface area (Å²) in [6.45, 7) is 0. The van der Waals surface area contributed by atoms with Gasteiger partial charge in [0.25, 0.3) is 5.91 Å². The number of pyridine rings is 1. The van der Waals surface area contributed by atoms with Crippen molar-refractivity contribution in [1.29, 1.82) is 0 Å². The van der Waals surface area contributed by atoms with Gasteiger partial charge in [-0.2, -0.15) is 0 Å². The first-order valence-electron chi connectivity index (χ1n) is 8.25. The minimum absolute atomic E-state index is 0.158. The van der Waals surface area contributed by atoms with Crippen LogP contribution in [0.15, 0.2) is 42.6 Å². The lowest BCUT2D eigenvalue weighted by Gasteiger charge is -2.37. The number of amides is 1. The molecule has 132 valence electrons. The average Bonchev–Trinajstić information content (AvgIpc) is 2.63. The number of nitrogens with zero attached hydrogens (tertiary/aromatic N) is 1. The molecule has 0 saturated heterocycles. The summed E-state index contributed by atoms with van der Waals surface area (Å²) in [5.41, 5.74) is 1.19. The number of aromatic nitrogens is 1. The zero-order chi connectivity index (χ0) is 17.8. The van der Waals surface area contributed by atoms with Crippen LogP contribution in [0.5, 0.6) is 11.5 Å². The van der Waals surface area contributed by atoms with Crippen molar-refractivity contribution in [3.05, 3.63) is 53.9 Å². The highest BCUT2D eigenvalue weighted by Gasteiger charge is 2.36. The molecule has 1 aliphatic carbocycles. The molecule has 6 nitrogen and oxygen atoms in total. The Kier molecular flexibility index (Phi) is 5.19. The molecule has 6 heteroatoms. The van der Waals surface area contributed by atoms with E-state index in [-0.39, 0.29) is 24.0 Å². The quantitative estimate of drug-likeness (QED) is 0.842. The van der Waals surface area contributed by atoms with Crippen LogP contribution in [0.4, 0.5) is 0 Å². The molecule has 1 saturated carbocycles. The third-order valence-corrected chi connectivity index (χ3v) is 4.56. The predicted octanol–water partition coefficient (Wildman–Crippen LogP) is 2.34. The Morgan fingerprint density at radius 2 is 2.00 bits per heavy atom. The average molecular weight is 342 g/mol. The number of carbonyl (C=O) groups is 1. The minimum Gasteiger partial charge on any atom is -0.493 e. The van der Waals surface area contributed by atoms with Crippen LogP contribution in [0, 0.1) is 5.92 Å². The van der Waals surface area contributed by atoms with Gasteiger partial charge in [-0.1, -0.05) is 12.1 Å². The number of benzene rings is 1. The van der Waals surface area contributed by atoms with Gasteiger partial charge in [-0.05, 0) is 43.0 Å². The maximum Gasteiger partial charge on any atom is 0.255 e. The third kappa shape index (κ3) is 3.58. The van der Waals surface area contributed by atoms with E-state index in [9.17, 15) is 9.90 Å². The maximum atomic E-state index is 12.9. The van der Waals surface area contributed by atoms with Crippen LogP contribution in [0.3, 0.4) is 0 Å². The molecule has 0 radical (unpaired) electrons. The van der Waals surface area contributed by atoms with E-state index in [1.807, 2.05) is 18.2 Å². The molecule has 0 bridgehead atoms. The Labute approximate surface area is 146 Å². The molecule has 1 aliphatic rings. The van der Waals surface area contributed by atoms with Crippen LogP contribution < -0.4 is 14.8 Å². The van der Waals surface area contributed by atoms with E-state index in [1.54, 1.807) is 24.4 Å². The van der Waals surface area contributed by atoms with Gasteiger partial charge in [0.15, 0.2) is 11.5 Å². The first kappa shape index (κ1) is 17.2. The van der Waals surface area contributed by atoms with E-state index >= 15 is 0 Å². The lowest BCUT2D eigenvalue weighted by Crippen LogP contribution is -2.41. The summed E-state index contributed by atoms with van der Waals surface area (Å²) in [5, 5.41) is 12.7. The number of nitrogens with one attached hydrogen (secondary N) is 1. The first-order valence-corrected chi connectivity index (χ1v) is 8.25. The molecular weight excluding hydrogens is 320 g/mol. The van der Waals surface area contributed by atoms with E-state index in [1.165, 1.54) is 14.2 Å². The van der Waals surface area contributed by atoms with Crippen molar-refractivity contribution < 1.29 is 19.4 Å². The van der Waals surface area contributed by atoms with E-state index in [2.05, 4.69) is 10.3 Å². The zero-order valence-electron chi connectivity index (χ0n) is 14.3. The van der Waals surface area contributed by atoms with E-state index in [4.69, 9.17) is 9.47 Å². The van der Waals surface area contributed by atoms with Crippen molar-refractivity contribution in [2.45, 2.75) is 25.0 Å². The van der Waals surface area contributed by atoms with Gasteiger partial charge in [0, 0.05) is 6.20 Å². The number of carbonyl (C=O) groups excluding carboxylic acids is 1. The molecule has 1 atom stereocenters. The predicted molar refractivity (Wildman–Crippen MR) is 92.7 cm³/mol. The monoisotopic (exact) mass is 342 g/mol. The standard InChI is InChI=1S/C19H22N2O4/c1-24-16-8-5-6-14(18(16)25-2)19(23)21-17(12-10-13(22)11-12)15-7-3-4-9-20-15/h3-9,12-13,17,22H,10-11H2,1-2H3,(H,21,23)/t12?,13?,17-/m1/s1. The molecule has 3 rings (SSSR count). The van der Waals surface area contributed by atoms with Gasteiger partial charge in [0.05, 0.1) is 37.6 Å². The van der Waals surface area contributed by atoms with Crippen LogP contribution in [-0.2, 0) is 0 Å². The highest BCUT2D eigenvalue weighted by atomic mass is 16.5. The fourth-order valence-electron chi connectivity index (χ4n) is 3.18. The molecule has 1 aromatic heterocycles. The summed E-state index contributed by atoms with van der Waals surface area (Å²) in [4.78, 5) is 17.2. The first-order chi connectivity index (χ1) is 12.1. The number of hydrogen-bond donors (Lipinski definition) is 2. The smallest absolute Gasteiger partial charge is 0.255 e. The molecule has 2 N–H and O–H groups in total. The highest BCUT2D eigenvalue weighted by Crippen LogP contribution is 2.38. The molecule has 1 heterocycles. The van der Waals surface area contributed by atoms with E-state index < -0.39 is 0 Å². The Balaban J connectivity index is 1.86.